The molecule has 1 aromatic carbocycles. The number of rotatable bonds is 2. The first-order valence-electron chi connectivity index (χ1n) is 5.64. The van der Waals surface area contributed by atoms with Crippen molar-refractivity contribution >= 4 is 5.97 Å². The Morgan fingerprint density at radius 2 is 2.05 bits per heavy atom. The van der Waals surface area contributed by atoms with E-state index in [0.717, 1.165) is 18.2 Å². The molecule has 0 spiro atoms. The van der Waals surface area contributed by atoms with Gasteiger partial charge in [0.25, 0.3) is 0 Å². The van der Waals surface area contributed by atoms with E-state index < -0.39 is 17.7 Å². The van der Waals surface area contributed by atoms with Gasteiger partial charge in [-0.25, -0.2) is 9.78 Å². The number of hydrogen-bond acceptors (Lipinski definition) is 3. The molecule has 7 heteroatoms. The molecule has 0 saturated heterocycles. The predicted molar refractivity (Wildman–Crippen MR) is 64.6 cm³/mol. The third kappa shape index (κ3) is 2.52. The van der Waals surface area contributed by atoms with Crippen molar-refractivity contribution in [3.05, 3.63) is 47.5 Å². The number of hydrogen-bond donors (Lipinski definition) is 0. The lowest BCUT2D eigenvalue weighted by molar-refractivity contribution is -0.137. The number of esters is 1. The van der Waals surface area contributed by atoms with Gasteiger partial charge in [0.1, 0.15) is 5.82 Å². The first-order chi connectivity index (χ1) is 9.34. The summed E-state index contributed by atoms with van der Waals surface area (Å²) >= 11 is 0. The second kappa shape index (κ2) is 4.99. The second-order valence-electron chi connectivity index (χ2n) is 4.07. The normalized spacial score (nSPS) is 11.4. The van der Waals surface area contributed by atoms with Gasteiger partial charge in [0.05, 0.1) is 23.9 Å². The maximum absolute atomic E-state index is 13.0. The molecule has 0 amide bonds. The number of aromatic nitrogens is 2. The van der Waals surface area contributed by atoms with E-state index in [1.165, 1.54) is 24.1 Å². The van der Waals surface area contributed by atoms with Gasteiger partial charge in [-0.1, -0.05) is 0 Å². The monoisotopic (exact) mass is 284 g/mol. The topological polar surface area (TPSA) is 44.1 Å². The van der Waals surface area contributed by atoms with E-state index in [1.807, 2.05) is 0 Å². The molecule has 0 atom stereocenters. The van der Waals surface area contributed by atoms with Crippen LogP contribution in [-0.4, -0.2) is 22.6 Å². The van der Waals surface area contributed by atoms with Crippen molar-refractivity contribution in [1.29, 1.82) is 0 Å². The standard InChI is InChI=1S/C13H11F3N2O2/c1-8-17-5-6-18(8)11-7-9(12(19)20-2)3-4-10(11)13(14,15)16/h3-7H,1-2H3. The highest BCUT2D eigenvalue weighted by Gasteiger charge is 2.34. The summed E-state index contributed by atoms with van der Waals surface area (Å²) in [5, 5.41) is 0. The Kier molecular flexibility index (Phi) is 3.52. The van der Waals surface area contributed by atoms with Crippen molar-refractivity contribution in [2.45, 2.75) is 13.1 Å². The van der Waals surface area contributed by atoms with Gasteiger partial charge in [0, 0.05) is 12.4 Å². The SMILES string of the molecule is COC(=O)c1ccc(C(F)(F)F)c(-n2ccnc2C)c1. The molecule has 20 heavy (non-hydrogen) atoms. The summed E-state index contributed by atoms with van der Waals surface area (Å²) in [6.45, 7) is 1.57. The summed E-state index contributed by atoms with van der Waals surface area (Å²) in [5.41, 5.74) is -0.953. The lowest BCUT2D eigenvalue weighted by Gasteiger charge is -2.15. The van der Waals surface area contributed by atoms with Crippen LogP contribution < -0.4 is 0 Å². The van der Waals surface area contributed by atoms with Crippen LogP contribution in [0.2, 0.25) is 0 Å². The van der Waals surface area contributed by atoms with E-state index in [1.54, 1.807) is 6.92 Å². The quantitative estimate of drug-likeness (QED) is 0.796. The minimum atomic E-state index is -4.53. The number of methoxy groups -OCH3 is 1. The molecule has 0 radical (unpaired) electrons. The number of carbonyl (C=O) groups excluding carboxylic acids is 1. The summed E-state index contributed by atoms with van der Waals surface area (Å²) < 4.78 is 44.9. The number of aryl methyl sites for hydroxylation is 1. The van der Waals surface area contributed by atoms with Gasteiger partial charge in [-0.2, -0.15) is 13.2 Å². The predicted octanol–water partition coefficient (Wildman–Crippen LogP) is 2.99. The molecular weight excluding hydrogens is 273 g/mol. The lowest BCUT2D eigenvalue weighted by Crippen LogP contribution is -2.13. The largest absolute Gasteiger partial charge is 0.465 e. The van der Waals surface area contributed by atoms with Crippen LogP contribution in [0.25, 0.3) is 5.69 Å². The first-order valence-corrected chi connectivity index (χ1v) is 5.64. The van der Waals surface area contributed by atoms with Crippen molar-refractivity contribution in [1.82, 2.24) is 9.55 Å². The highest BCUT2D eigenvalue weighted by Crippen LogP contribution is 2.34. The van der Waals surface area contributed by atoms with Crippen LogP contribution in [0.3, 0.4) is 0 Å². The van der Waals surface area contributed by atoms with Crippen molar-refractivity contribution in [2.24, 2.45) is 0 Å². The van der Waals surface area contributed by atoms with Crippen LogP contribution in [0.15, 0.2) is 30.6 Å². The van der Waals surface area contributed by atoms with Crippen LogP contribution in [0.4, 0.5) is 13.2 Å². The lowest BCUT2D eigenvalue weighted by atomic mass is 10.1. The fraction of sp³-hybridized carbons (Fsp3) is 0.231. The van der Waals surface area contributed by atoms with E-state index in [4.69, 9.17) is 0 Å². The Hall–Kier alpha value is -2.31. The van der Waals surface area contributed by atoms with E-state index in [0.29, 0.717) is 5.82 Å². The Labute approximate surface area is 112 Å². The molecule has 0 unspecified atom stereocenters. The first kappa shape index (κ1) is 14.1. The Morgan fingerprint density at radius 1 is 1.35 bits per heavy atom. The van der Waals surface area contributed by atoms with Gasteiger partial charge in [0.15, 0.2) is 0 Å². The molecule has 4 nitrogen and oxygen atoms in total. The number of halogens is 3. The third-order valence-electron chi connectivity index (χ3n) is 2.81. The molecule has 2 aromatic rings. The van der Waals surface area contributed by atoms with Crippen molar-refractivity contribution < 1.29 is 22.7 Å². The summed E-state index contributed by atoms with van der Waals surface area (Å²) in [4.78, 5) is 15.3. The number of alkyl halides is 3. The minimum Gasteiger partial charge on any atom is -0.465 e. The van der Waals surface area contributed by atoms with Gasteiger partial charge < -0.3 is 9.30 Å². The van der Waals surface area contributed by atoms with E-state index in [9.17, 15) is 18.0 Å². The number of carbonyl (C=O) groups is 1. The fourth-order valence-electron chi connectivity index (χ4n) is 1.85. The van der Waals surface area contributed by atoms with Gasteiger partial charge in [-0.3, -0.25) is 0 Å². The molecule has 0 aliphatic heterocycles. The molecule has 1 heterocycles. The van der Waals surface area contributed by atoms with Gasteiger partial charge in [-0.15, -0.1) is 0 Å². The molecule has 0 aliphatic rings. The van der Waals surface area contributed by atoms with Crippen molar-refractivity contribution in [2.75, 3.05) is 7.11 Å². The molecule has 0 saturated carbocycles. The summed E-state index contributed by atoms with van der Waals surface area (Å²) in [6, 6.07) is 3.09. The van der Waals surface area contributed by atoms with Gasteiger partial charge in [0.2, 0.25) is 0 Å². The molecule has 0 fully saturated rings. The molecular formula is C13H11F3N2O2. The molecule has 1 aromatic heterocycles. The van der Waals surface area contributed by atoms with Crippen LogP contribution in [0.5, 0.6) is 0 Å². The summed E-state index contributed by atoms with van der Waals surface area (Å²) in [6.07, 6.45) is -1.73. The maximum Gasteiger partial charge on any atom is 0.418 e. The third-order valence-corrected chi connectivity index (χ3v) is 2.81. The number of imidazole rings is 1. The molecule has 0 N–H and O–H groups in total. The molecule has 0 bridgehead atoms. The summed E-state index contributed by atoms with van der Waals surface area (Å²) in [5.74, 6) is -0.310. The average molecular weight is 284 g/mol. The van der Waals surface area contributed by atoms with Crippen molar-refractivity contribution in [3.63, 3.8) is 0 Å². The number of ether oxygens (including phenoxy) is 1. The number of benzene rings is 1. The van der Waals surface area contributed by atoms with E-state index >= 15 is 0 Å². The Bertz CT molecular complexity index is 647. The van der Waals surface area contributed by atoms with Crippen LogP contribution in [-0.2, 0) is 10.9 Å². The zero-order chi connectivity index (χ0) is 14.9. The molecule has 0 aliphatic carbocycles. The highest BCUT2D eigenvalue weighted by atomic mass is 19.4. The van der Waals surface area contributed by atoms with Crippen LogP contribution >= 0.6 is 0 Å². The molecule has 106 valence electrons. The fourth-order valence-corrected chi connectivity index (χ4v) is 1.85. The highest BCUT2D eigenvalue weighted by molar-refractivity contribution is 5.90. The summed E-state index contributed by atoms with van der Waals surface area (Å²) in [7, 11) is 1.17. The van der Waals surface area contributed by atoms with Gasteiger partial charge >= 0.3 is 12.1 Å². The van der Waals surface area contributed by atoms with Gasteiger partial charge in [-0.05, 0) is 25.1 Å². The van der Waals surface area contributed by atoms with E-state index in [-0.39, 0.29) is 11.3 Å². The zero-order valence-electron chi connectivity index (χ0n) is 10.7. The average Bonchev–Trinajstić information content (AvgIpc) is 2.82. The van der Waals surface area contributed by atoms with Crippen LogP contribution in [0.1, 0.15) is 21.7 Å². The minimum absolute atomic E-state index is 0.0450. The smallest absolute Gasteiger partial charge is 0.418 e. The Balaban J connectivity index is 2.67. The second-order valence-corrected chi connectivity index (χ2v) is 4.07. The maximum atomic E-state index is 13.0. The van der Waals surface area contributed by atoms with Crippen LogP contribution in [0, 0.1) is 6.92 Å². The Morgan fingerprint density at radius 3 is 2.55 bits per heavy atom. The number of nitrogens with zero attached hydrogens (tertiary/aromatic N) is 2. The van der Waals surface area contributed by atoms with Crippen molar-refractivity contribution in [3.8, 4) is 5.69 Å². The van der Waals surface area contributed by atoms with E-state index in [2.05, 4.69) is 9.72 Å². The molecule has 2 rings (SSSR count). The zero-order valence-corrected chi connectivity index (χ0v) is 10.7.